The second-order valence-electron chi connectivity index (χ2n) is 5.79. The number of nitrogens with zero attached hydrogens (tertiary/aromatic N) is 2. The molecule has 0 aliphatic heterocycles. The molecule has 1 heterocycles. The van der Waals surface area contributed by atoms with Crippen molar-refractivity contribution < 1.29 is 24.7 Å². The number of carboxylic acid groups (broad SMARTS) is 1. The van der Waals surface area contributed by atoms with Crippen LogP contribution in [0.2, 0.25) is 0 Å². The molecule has 3 rings (SSSR count). The highest BCUT2D eigenvalue weighted by Crippen LogP contribution is 2.38. The predicted molar refractivity (Wildman–Crippen MR) is 104 cm³/mol. The number of ether oxygens (including phenoxy) is 1. The van der Waals surface area contributed by atoms with E-state index in [1.54, 1.807) is 0 Å². The van der Waals surface area contributed by atoms with E-state index in [0.717, 1.165) is 6.07 Å². The molecule has 3 aromatic rings. The van der Waals surface area contributed by atoms with Crippen LogP contribution in [0.1, 0.15) is 21.7 Å². The van der Waals surface area contributed by atoms with Crippen molar-refractivity contribution in [2.24, 2.45) is 0 Å². The molecule has 0 fully saturated rings. The van der Waals surface area contributed by atoms with Gasteiger partial charge in [0.15, 0.2) is 11.6 Å². The van der Waals surface area contributed by atoms with Crippen LogP contribution in [0.5, 0.6) is 11.5 Å². The van der Waals surface area contributed by atoms with E-state index in [9.17, 15) is 24.8 Å². The number of benzene rings is 2. The molecule has 0 atom stereocenters. The van der Waals surface area contributed by atoms with Gasteiger partial charge in [-0.2, -0.15) is 0 Å². The lowest BCUT2D eigenvalue weighted by Gasteiger charge is -2.06. The van der Waals surface area contributed by atoms with Gasteiger partial charge in [-0.05, 0) is 35.9 Å². The van der Waals surface area contributed by atoms with Crippen LogP contribution in [0.3, 0.4) is 0 Å². The highest BCUT2D eigenvalue weighted by atomic mass is 35.5. The number of aromatic nitrogens is 2. The molecular weight excluding hydrogens is 406 g/mol. The average molecular weight is 418 g/mol. The molecule has 0 aliphatic rings. The summed E-state index contributed by atoms with van der Waals surface area (Å²) in [6, 6.07) is 6.23. The number of hydrogen-bond donors (Lipinski definition) is 3. The van der Waals surface area contributed by atoms with E-state index in [1.165, 1.54) is 37.5 Å². The first-order chi connectivity index (χ1) is 13.7. The van der Waals surface area contributed by atoms with Gasteiger partial charge in [0.1, 0.15) is 0 Å². The molecule has 0 bridgehead atoms. The van der Waals surface area contributed by atoms with E-state index < -0.39 is 27.9 Å². The zero-order chi connectivity index (χ0) is 21.3. The Morgan fingerprint density at radius 2 is 2.07 bits per heavy atom. The normalized spacial score (nSPS) is 11.4. The molecule has 0 unspecified atom stereocenters. The number of H-pyrrole nitrogens is 1. The minimum absolute atomic E-state index is 0.0550. The molecule has 2 aromatic carbocycles. The summed E-state index contributed by atoms with van der Waals surface area (Å²) in [5.41, 5.74) is -0.864. The summed E-state index contributed by atoms with van der Waals surface area (Å²) in [5, 5.41) is 30.1. The number of hydrogen-bond acceptors (Lipinski definition) is 7. The van der Waals surface area contributed by atoms with E-state index >= 15 is 0 Å². The second-order valence-corrected chi connectivity index (χ2v) is 6.20. The molecule has 0 aliphatic carbocycles. The number of phenols is 1. The molecular formula is C18H12ClN3O7. The van der Waals surface area contributed by atoms with Crippen LogP contribution >= 0.6 is 11.6 Å². The van der Waals surface area contributed by atoms with Crippen molar-refractivity contribution in [1.82, 2.24) is 9.97 Å². The zero-order valence-corrected chi connectivity index (χ0v) is 15.4. The maximum absolute atomic E-state index is 12.3. The van der Waals surface area contributed by atoms with Gasteiger partial charge in [0.05, 0.1) is 33.5 Å². The van der Waals surface area contributed by atoms with Crippen molar-refractivity contribution in [3.8, 4) is 11.5 Å². The number of halogens is 1. The van der Waals surface area contributed by atoms with E-state index in [2.05, 4.69) is 9.97 Å². The Morgan fingerprint density at radius 3 is 2.69 bits per heavy atom. The first-order valence-corrected chi connectivity index (χ1v) is 8.29. The van der Waals surface area contributed by atoms with Crippen LogP contribution in [0.15, 0.2) is 35.1 Å². The van der Waals surface area contributed by atoms with Gasteiger partial charge >= 0.3 is 11.7 Å². The lowest BCUT2D eigenvalue weighted by atomic mass is 10.1. The Balaban J connectivity index is 2.14. The van der Waals surface area contributed by atoms with Crippen LogP contribution in [-0.2, 0) is 0 Å². The largest absolute Gasteiger partial charge is 0.500 e. The SMILES string of the molecule is COc1cc(/C=C(/Cl)c2nc3cc(C(=O)O)ccc3c(=O)[nH]2)cc([N+](=O)[O-])c1O. The number of aromatic hydroxyl groups is 1. The van der Waals surface area contributed by atoms with Crippen LogP contribution in [-0.4, -0.2) is 38.2 Å². The third-order valence-corrected chi connectivity index (χ3v) is 4.25. The Bertz CT molecular complexity index is 1250. The topological polar surface area (TPSA) is 156 Å². The van der Waals surface area contributed by atoms with E-state index in [0.29, 0.717) is 0 Å². The minimum atomic E-state index is -1.18. The third-order valence-electron chi connectivity index (χ3n) is 3.97. The lowest BCUT2D eigenvalue weighted by Crippen LogP contribution is -2.11. The number of nitrogens with one attached hydrogen (secondary N) is 1. The van der Waals surface area contributed by atoms with Crippen LogP contribution in [0.4, 0.5) is 5.69 Å². The smallest absolute Gasteiger partial charge is 0.335 e. The maximum atomic E-state index is 12.3. The summed E-state index contributed by atoms with van der Waals surface area (Å²) in [7, 11) is 1.23. The Kier molecular flexibility index (Phi) is 5.20. The van der Waals surface area contributed by atoms with Crippen molar-refractivity contribution in [2.75, 3.05) is 7.11 Å². The summed E-state index contributed by atoms with van der Waals surface area (Å²) in [5.74, 6) is -2.02. The number of methoxy groups -OCH3 is 1. The molecule has 29 heavy (non-hydrogen) atoms. The third kappa shape index (κ3) is 3.87. The van der Waals surface area contributed by atoms with Gasteiger partial charge in [0.25, 0.3) is 5.56 Å². The number of fused-ring (bicyclic) bond motifs is 1. The molecule has 11 heteroatoms. The predicted octanol–water partition coefficient (Wildman–Crippen LogP) is 2.98. The molecule has 0 amide bonds. The number of aromatic amines is 1. The van der Waals surface area contributed by atoms with Gasteiger partial charge < -0.3 is 19.9 Å². The van der Waals surface area contributed by atoms with Crippen molar-refractivity contribution in [2.45, 2.75) is 0 Å². The van der Waals surface area contributed by atoms with E-state index in [1.807, 2.05) is 0 Å². The molecule has 0 spiro atoms. The second kappa shape index (κ2) is 7.60. The number of carbonyl (C=O) groups is 1. The fraction of sp³-hybridized carbons (Fsp3) is 0.0556. The number of nitro groups is 1. The number of rotatable bonds is 5. The maximum Gasteiger partial charge on any atom is 0.335 e. The monoisotopic (exact) mass is 417 g/mol. The van der Waals surface area contributed by atoms with Crippen LogP contribution in [0, 0.1) is 10.1 Å². The summed E-state index contributed by atoms with van der Waals surface area (Å²) < 4.78 is 4.92. The zero-order valence-electron chi connectivity index (χ0n) is 14.7. The standard InChI is InChI=1S/C18H12ClN3O7/c1-29-14-6-8(5-13(15(14)23)22(27)28)4-11(19)16-20-12-7-9(18(25)26)2-3-10(12)17(24)21-16/h2-7,23H,1H3,(H,25,26)(H,20,21,24)/b11-4+. The number of phenolic OH excluding ortho intramolecular Hbond substituents is 1. The van der Waals surface area contributed by atoms with Gasteiger partial charge in [0.2, 0.25) is 5.75 Å². The Morgan fingerprint density at radius 1 is 1.34 bits per heavy atom. The first-order valence-electron chi connectivity index (χ1n) is 7.91. The fourth-order valence-electron chi connectivity index (χ4n) is 2.59. The van der Waals surface area contributed by atoms with E-state index in [4.69, 9.17) is 21.4 Å². The van der Waals surface area contributed by atoms with Gasteiger partial charge in [0, 0.05) is 6.07 Å². The quantitative estimate of drug-likeness (QED) is 0.422. The van der Waals surface area contributed by atoms with Gasteiger partial charge in [-0.25, -0.2) is 9.78 Å². The highest BCUT2D eigenvalue weighted by Gasteiger charge is 2.20. The molecule has 0 saturated carbocycles. The van der Waals surface area contributed by atoms with Crippen LogP contribution < -0.4 is 10.3 Å². The molecule has 0 radical (unpaired) electrons. The Hall–Kier alpha value is -3.92. The summed E-state index contributed by atoms with van der Waals surface area (Å²) >= 11 is 6.22. The minimum Gasteiger partial charge on any atom is -0.500 e. The fourth-order valence-corrected chi connectivity index (χ4v) is 2.81. The lowest BCUT2D eigenvalue weighted by molar-refractivity contribution is -0.386. The number of nitro benzene ring substituents is 1. The van der Waals surface area contributed by atoms with Crippen molar-refractivity contribution in [1.29, 1.82) is 0 Å². The molecule has 3 N–H and O–H groups in total. The van der Waals surface area contributed by atoms with Crippen molar-refractivity contribution >= 4 is 45.3 Å². The average Bonchev–Trinajstić information content (AvgIpc) is 2.68. The molecule has 0 saturated heterocycles. The van der Waals surface area contributed by atoms with Crippen LogP contribution in [0.25, 0.3) is 22.0 Å². The first kappa shape index (κ1) is 19.8. The van der Waals surface area contributed by atoms with Gasteiger partial charge in [-0.15, -0.1) is 0 Å². The molecule has 148 valence electrons. The Labute approximate surface area is 166 Å². The van der Waals surface area contributed by atoms with Crippen molar-refractivity contribution in [3.05, 3.63) is 67.8 Å². The summed E-state index contributed by atoms with van der Waals surface area (Å²) in [6.45, 7) is 0. The highest BCUT2D eigenvalue weighted by molar-refractivity contribution is 6.50. The number of carboxylic acids is 1. The van der Waals surface area contributed by atoms with E-state index in [-0.39, 0.29) is 38.6 Å². The summed E-state index contributed by atoms with van der Waals surface area (Å²) in [4.78, 5) is 40.3. The summed E-state index contributed by atoms with van der Waals surface area (Å²) in [6.07, 6.45) is 1.28. The number of aromatic carboxylic acids is 1. The van der Waals surface area contributed by atoms with Crippen molar-refractivity contribution in [3.63, 3.8) is 0 Å². The molecule has 1 aromatic heterocycles. The van der Waals surface area contributed by atoms with Gasteiger partial charge in [-0.3, -0.25) is 14.9 Å². The molecule has 10 nitrogen and oxygen atoms in total. The van der Waals surface area contributed by atoms with Gasteiger partial charge in [-0.1, -0.05) is 11.6 Å².